The number of hydrogen-bond donors (Lipinski definition) is 2. The lowest BCUT2D eigenvalue weighted by atomic mass is 9.92. The van der Waals surface area contributed by atoms with Gasteiger partial charge in [0.05, 0.1) is 11.1 Å². The summed E-state index contributed by atoms with van der Waals surface area (Å²) in [5, 5.41) is 13.3. The third-order valence-electron chi connectivity index (χ3n) is 6.01. The first-order valence-electron chi connectivity index (χ1n) is 10.5. The fraction of sp³-hybridized carbons (Fsp3) is 0.417. The number of fused-ring (bicyclic) bond motifs is 1. The molecule has 3 aromatic rings. The zero-order valence-electron chi connectivity index (χ0n) is 17.7. The number of aromatic nitrogens is 2. The number of carbonyl (C=O) groups excluding carboxylic acids is 1. The summed E-state index contributed by atoms with van der Waals surface area (Å²) in [5.41, 5.74) is 1.26. The molecule has 1 atom stereocenters. The highest BCUT2D eigenvalue weighted by molar-refractivity contribution is 5.92. The van der Waals surface area contributed by atoms with Crippen LogP contribution in [-0.2, 0) is 10.4 Å². The van der Waals surface area contributed by atoms with Gasteiger partial charge in [-0.2, -0.15) is 0 Å². The van der Waals surface area contributed by atoms with E-state index in [2.05, 4.69) is 10.3 Å². The van der Waals surface area contributed by atoms with Gasteiger partial charge in [-0.05, 0) is 62.3 Å². The van der Waals surface area contributed by atoms with Crippen molar-refractivity contribution in [3.8, 4) is 0 Å². The molecule has 158 valence electrons. The number of rotatable bonds is 6. The van der Waals surface area contributed by atoms with Gasteiger partial charge in [0.25, 0.3) is 0 Å². The van der Waals surface area contributed by atoms with E-state index < -0.39 is 11.4 Å². The third-order valence-corrected chi connectivity index (χ3v) is 6.01. The minimum atomic E-state index is -1.17. The smallest absolute Gasteiger partial charge is 0.227 e. The van der Waals surface area contributed by atoms with Crippen molar-refractivity contribution in [2.75, 3.05) is 5.32 Å². The monoisotopic (exact) mass is 409 g/mol. The van der Waals surface area contributed by atoms with E-state index in [1.807, 2.05) is 41.8 Å². The molecule has 0 spiro atoms. The predicted octanol–water partition coefficient (Wildman–Crippen LogP) is 5.26. The van der Waals surface area contributed by atoms with Crippen molar-refractivity contribution in [2.45, 2.75) is 64.0 Å². The lowest BCUT2D eigenvalue weighted by Gasteiger charge is -2.29. The highest BCUT2D eigenvalue weighted by Gasteiger charge is 2.28. The number of nitrogens with zero attached hydrogens (tertiary/aromatic N) is 2. The number of hydrogen-bond acceptors (Lipinski definition) is 3. The lowest BCUT2D eigenvalue weighted by molar-refractivity contribution is -0.116. The molecule has 1 heterocycles. The Labute approximate surface area is 175 Å². The van der Waals surface area contributed by atoms with Crippen LogP contribution in [0.2, 0.25) is 0 Å². The lowest BCUT2D eigenvalue weighted by Crippen LogP contribution is -2.23. The highest BCUT2D eigenvalue weighted by atomic mass is 19.1. The molecule has 0 radical (unpaired) electrons. The second-order valence-corrected chi connectivity index (χ2v) is 8.84. The summed E-state index contributed by atoms with van der Waals surface area (Å²) in [6, 6.07) is 13.2. The van der Waals surface area contributed by atoms with Crippen LogP contribution in [0.3, 0.4) is 0 Å². The van der Waals surface area contributed by atoms with E-state index in [1.54, 1.807) is 19.9 Å². The quantitative estimate of drug-likeness (QED) is 0.584. The number of aliphatic hydroxyl groups is 1. The maximum absolute atomic E-state index is 14.8. The van der Waals surface area contributed by atoms with Crippen LogP contribution in [-0.4, -0.2) is 20.6 Å². The number of anilines is 1. The van der Waals surface area contributed by atoms with Crippen molar-refractivity contribution in [1.29, 1.82) is 0 Å². The predicted molar refractivity (Wildman–Crippen MR) is 116 cm³/mol. The molecule has 6 heteroatoms. The summed E-state index contributed by atoms with van der Waals surface area (Å²) in [6.07, 6.45) is 3.33. The molecule has 1 fully saturated rings. The fourth-order valence-corrected chi connectivity index (χ4v) is 3.96. The van der Waals surface area contributed by atoms with Crippen LogP contribution in [0.4, 0.5) is 10.3 Å². The number of halogens is 1. The van der Waals surface area contributed by atoms with Crippen LogP contribution < -0.4 is 5.32 Å². The standard InChI is InChI=1S/C24H28FN3O2/c1-15(16-8-5-4-6-9-16)12-21(29)26-23-27-22-19(25)13-17(24(2,3)30)14-20(22)28(23)18-10-7-11-18/h4-6,8-9,13-15,18,30H,7,10-12H2,1-3H3,(H,26,27,29). The molecular formula is C24H28FN3O2. The molecule has 0 aliphatic heterocycles. The van der Waals surface area contributed by atoms with E-state index in [9.17, 15) is 14.3 Å². The van der Waals surface area contributed by atoms with Gasteiger partial charge in [0, 0.05) is 12.5 Å². The van der Waals surface area contributed by atoms with E-state index >= 15 is 0 Å². The average Bonchev–Trinajstić information content (AvgIpc) is 2.99. The molecular weight excluding hydrogens is 381 g/mol. The second kappa shape index (κ2) is 7.84. The van der Waals surface area contributed by atoms with Crippen molar-refractivity contribution in [2.24, 2.45) is 0 Å². The molecule has 1 aromatic heterocycles. The maximum Gasteiger partial charge on any atom is 0.227 e. The molecule has 2 aromatic carbocycles. The summed E-state index contributed by atoms with van der Waals surface area (Å²) in [7, 11) is 0. The zero-order valence-corrected chi connectivity index (χ0v) is 17.7. The summed E-state index contributed by atoms with van der Waals surface area (Å²) in [6.45, 7) is 5.27. The first-order valence-corrected chi connectivity index (χ1v) is 10.5. The molecule has 1 aliphatic carbocycles. The number of imidazole rings is 1. The van der Waals surface area contributed by atoms with Gasteiger partial charge < -0.3 is 9.67 Å². The summed E-state index contributed by atoms with van der Waals surface area (Å²) >= 11 is 0. The van der Waals surface area contributed by atoms with Gasteiger partial charge in [-0.15, -0.1) is 0 Å². The van der Waals surface area contributed by atoms with Crippen molar-refractivity contribution in [3.05, 3.63) is 59.4 Å². The van der Waals surface area contributed by atoms with Gasteiger partial charge in [-0.3, -0.25) is 10.1 Å². The molecule has 1 saturated carbocycles. The van der Waals surface area contributed by atoms with Crippen LogP contribution in [0.25, 0.3) is 11.0 Å². The van der Waals surface area contributed by atoms with Crippen molar-refractivity contribution in [3.63, 3.8) is 0 Å². The van der Waals surface area contributed by atoms with Gasteiger partial charge in [0.2, 0.25) is 11.9 Å². The Morgan fingerprint density at radius 3 is 2.60 bits per heavy atom. The Morgan fingerprint density at radius 2 is 2.00 bits per heavy atom. The number of nitrogens with one attached hydrogen (secondary N) is 1. The molecule has 2 N–H and O–H groups in total. The van der Waals surface area contributed by atoms with Crippen LogP contribution in [0.15, 0.2) is 42.5 Å². The Hall–Kier alpha value is -2.73. The fourth-order valence-electron chi connectivity index (χ4n) is 3.96. The number of carbonyl (C=O) groups is 1. The molecule has 0 saturated heterocycles. The molecule has 5 nitrogen and oxygen atoms in total. The molecule has 30 heavy (non-hydrogen) atoms. The van der Waals surface area contributed by atoms with E-state index in [4.69, 9.17) is 0 Å². The van der Waals surface area contributed by atoms with Crippen LogP contribution >= 0.6 is 0 Å². The Balaban J connectivity index is 1.66. The number of amides is 1. The van der Waals surface area contributed by atoms with Gasteiger partial charge in [0.1, 0.15) is 5.52 Å². The number of benzene rings is 2. The normalized spacial score (nSPS) is 15.8. The van der Waals surface area contributed by atoms with Gasteiger partial charge >= 0.3 is 0 Å². The third kappa shape index (κ3) is 3.97. The Bertz CT molecular complexity index is 1070. The second-order valence-electron chi connectivity index (χ2n) is 8.84. The van der Waals surface area contributed by atoms with Gasteiger partial charge in [-0.25, -0.2) is 9.37 Å². The Morgan fingerprint density at radius 1 is 1.30 bits per heavy atom. The summed E-state index contributed by atoms with van der Waals surface area (Å²) in [5.74, 6) is -0.195. The SMILES string of the molecule is CC(CC(=O)Nc1nc2c(F)cc(C(C)(C)O)cc2n1C1CCC1)c1ccccc1. The zero-order chi connectivity index (χ0) is 21.5. The van der Waals surface area contributed by atoms with E-state index in [-0.39, 0.29) is 23.4 Å². The van der Waals surface area contributed by atoms with Crippen LogP contribution in [0, 0.1) is 5.82 Å². The van der Waals surface area contributed by atoms with Crippen LogP contribution in [0.5, 0.6) is 0 Å². The molecule has 4 rings (SSSR count). The van der Waals surface area contributed by atoms with E-state index in [0.29, 0.717) is 23.4 Å². The van der Waals surface area contributed by atoms with Crippen LogP contribution in [0.1, 0.15) is 69.5 Å². The first-order chi connectivity index (χ1) is 14.2. The van der Waals surface area contributed by atoms with Gasteiger partial charge in [0.15, 0.2) is 5.82 Å². The molecule has 1 amide bonds. The molecule has 1 aliphatic rings. The topological polar surface area (TPSA) is 67.2 Å². The maximum atomic E-state index is 14.8. The minimum absolute atomic E-state index is 0.0613. The van der Waals surface area contributed by atoms with Crippen molar-refractivity contribution < 1.29 is 14.3 Å². The first kappa shape index (κ1) is 20.5. The van der Waals surface area contributed by atoms with E-state index in [1.165, 1.54) is 6.07 Å². The average molecular weight is 410 g/mol. The largest absolute Gasteiger partial charge is 0.386 e. The van der Waals surface area contributed by atoms with Crippen molar-refractivity contribution in [1.82, 2.24) is 9.55 Å². The Kier molecular flexibility index (Phi) is 5.36. The molecule has 0 bridgehead atoms. The minimum Gasteiger partial charge on any atom is -0.386 e. The van der Waals surface area contributed by atoms with E-state index in [0.717, 1.165) is 24.8 Å². The molecule has 1 unspecified atom stereocenters. The van der Waals surface area contributed by atoms with Crippen molar-refractivity contribution >= 4 is 22.9 Å². The van der Waals surface area contributed by atoms with Gasteiger partial charge in [-0.1, -0.05) is 37.3 Å². The summed E-state index contributed by atoms with van der Waals surface area (Å²) in [4.78, 5) is 17.2. The highest BCUT2D eigenvalue weighted by Crippen LogP contribution is 2.39. The summed E-state index contributed by atoms with van der Waals surface area (Å²) < 4.78 is 16.8.